The number of nitrogens with one attached hydrogen (secondary N) is 2. The molecule has 2 N–H and O–H groups in total. The Labute approximate surface area is 131 Å². The number of hydrogen-bond donors (Lipinski definition) is 2. The summed E-state index contributed by atoms with van der Waals surface area (Å²) in [5, 5.41) is 5.93. The number of halogens is 2. The quantitative estimate of drug-likeness (QED) is 0.841. The molecule has 3 nitrogen and oxygen atoms in total. The molecule has 0 saturated heterocycles. The first-order valence-corrected chi connectivity index (χ1v) is 7.38. The van der Waals surface area contributed by atoms with Crippen LogP contribution in [0.15, 0.2) is 46.9 Å². The smallest absolute Gasteiger partial charge is 0.257 e. The summed E-state index contributed by atoms with van der Waals surface area (Å²) >= 11 is 3.29. The third kappa shape index (κ3) is 4.04. The van der Waals surface area contributed by atoms with Gasteiger partial charge in [0.25, 0.3) is 5.91 Å². The molecule has 0 bridgehead atoms. The molecule has 0 aliphatic rings. The van der Waals surface area contributed by atoms with Crippen molar-refractivity contribution in [1.82, 2.24) is 0 Å². The molecule has 0 atom stereocenters. The predicted octanol–water partition coefficient (Wildman–Crippen LogP) is 4.66. The summed E-state index contributed by atoms with van der Waals surface area (Å²) in [6.45, 7) is 4.00. The van der Waals surface area contributed by atoms with Gasteiger partial charge in [-0.15, -0.1) is 0 Å². The Morgan fingerprint density at radius 2 is 1.86 bits per heavy atom. The Morgan fingerprint density at radius 3 is 2.57 bits per heavy atom. The van der Waals surface area contributed by atoms with Crippen molar-refractivity contribution < 1.29 is 9.18 Å². The topological polar surface area (TPSA) is 41.1 Å². The summed E-state index contributed by atoms with van der Waals surface area (Å²) in [6, 6.07) is 11.6. The van der Waals surface area contributed by atoms with E-state index in [4.69, 9.17) is 0 Å². The van der Waals surface area contributed by atoms with Gasteiger partial charge in [0.15, 0.2) is 0 Å². The third-order valence-corrected chi connectivity index (χ3v) is 3.48. The van der Waals surface area contributed by atoms with Crippen molar-refractivity contribution in [1.29, 1.82) is 0 Å². The highest BCUT2D eigenvalue weighted by atomic mass is 79.9. The van der Waals surface area contributed by atoms with Crippen molar-refractivity contribution in [2.45, 2.75) is 19.9 Å². The van der Waals surface area contributed by atoms with Crippen LogP contribution in [0.3, 0.4) is 0 Å². The number of rotatable bonds is 4. The molecule has 0 aliphatic carbocycles. The number of carbonyl (C=O) groups excluding carboxylic acids is 1. The van der Waals surface area contributed by atoms with Crippen LogP contribution in [-0.2, 0) is 0 Å². The van der Waals surface area contributed by atoms with Crippen LogP contribution in [-0.4, -0.2) is 11.9 Å². The van der Waals surface area contributed by atoms with Gasteiger partial charge in [0.1, 0.15) is 5.82 Å². The number of carbonyl (C=O) groups is 1. The van der Waals surface area contributed by atoms with Crippen LogP contribution in [0.2, 0.25) is 0 Å². The lowest BCUT2D eigenvalue weighted by atomic mass is 10.1. The second-order valence-corrected chi connectivity index (χ2v) is 5.78. The molecule has 0 heterocycles. The van der Waals surface area contributed by atoms with Gasteiger partial charge in [-0.3, -0.25) is 4.79 Å². The highest BCUT2D eigenvalue weighted by Crippen LogP contribution is 2.25. The first kappa shape index (κ1) is 15.5. The molecule has 0 aliphatic heterocycles. The summed E-state index contributed by atoms with van der Waals surface area (Å²) in [7, 11) is 0. The summed E-state index contributed by atoms with van der Waals surface area (Å²) in [5.41, 5.74) is 1.67. The molecular formula is C16H16BrFN2O. The number of para-hydroxylation sites is 1. The molecule has 110 valence electrons. The largest absolute Gasteiger partial charge is 0.382 e. The molecule has 2 rings (SSSR count). The van der Waals surface area contributed by atoms with Gasteiger partial charge in [-0.2, -0.15) is 0 Å². The van der Waals surface area contributed by atoms with Gasteiger partial charge in [-0.05, 0) is 60.1 Å². The molecule has 2 aromatic rings. The van der Waals surface area contributed by atoms with Crippen LogP contribution in [0.25, 0.3) is 0 Å². The molecular weight excluding hydrogens is 335 g/mol. The van der Waals surface area contributed by atoms with Crippen LogP contribution in [0.5, 0.6) is 0 Å². The maximum Gasteiger partial charge on any atom is 0.257 e. The van der Waals surface area contributed by atoms with Crippen LogP contribution in [0, 0.1) is 5.82 Å². The Morgan fingerprint density at radius 1 is 1.14 bits per heavy atom. The lowest BCUT2D eigenvalue weighted by molar-refractivity contribution is 0.102. The van der Waals surface area contributed by atoms with Gasteiger partial charge >= 0.3 is 0 Å². The Balaban J connectivity index is 2.26. The first-order valence-electron chi connectivity index (χ1n) is 6.59. The first-order chi connectivity index (χ1) is 9.97. The van der Waals surface area contributed by atoms with Crippen LogP contribution < -0.4 is 10.6 Å². The van der Waals surface area contributed by atoms with E-state index >= 15 is 0 Å². The van der Waals surface area contributed by atoms with Crippen LogP contribution in [0.1, 0.15) is 24.2 Å². The lowest BCUT2D eigenvalue weighted by Crippen LogP contribution is -2.17. The Hall–Kier alpha value is -1.88. The molecule has 0 unspecified atom stereocenters. The van der Waals surface area contributed by atoms with Gasteiger partial charge in [0, 0.05) is 16.2 Å². The monoisotopic (exact) mass is 350 g/mol. The Bertz CT molecular complexity index is 658. The zero-order chi connectivity index (χ0) is 15.4. The second kappa shape index (κ2) is 6.72. The lowest BCUT2D eigenvalue weighted by Gasteiger charge is -2.15. The molecule has 0 aromatic heterocycles. The van der Waals surface area contributed by atoms with Gasteiger partial charge < -0.3 is 10.6 Å². The van der Waals surface area contributed by atoms with E-state index in [2.05, 4.69) is 26.6 Å². The summed E-state index contributed by atoms with van der Waals surface area (Å²) in [6.07, 6.45) is 0. The van der Waals surface area contributed by atoms with E-state index in [-0.39, 0.29) is 11.9 Å². The van der Waals surface area contributed by atoms with E-state index in [1.54, 1.807) is 18.2 Å². The van der Waals surface area contributed by atoms with Crippen molar-refractivity contribution in [3.63, 3.8) is 0 Å². The van der Waals surface area contributed by atoms with Crippen molar-refractivity contribution in [3.8, 4) is 0 Å². The highest BCUT2D eigenvalue weighted by molar-refractivity contribution is 9.10. The van der Waals surface area contributed by atoms with Gasteiger partial charge in [-0.1, -0.05) is 12.1 Å². The maximum absolute atomic E-state index is 13.3. The highest BCUT2D eigenvalue weighted by Gasteiger charge is 2.13. The van der Waals surface area contributed by atoms with Crippen molar-refractivity contribution in [2.75, 3.05) is 10.6 Å². The van der Waals surface area contributed by atoms with Crippen LogP contribution in [0.4, 0.5) is 15.8 Å². The second-order valence-electron chi connectivity index (χ2n) is 4.92. The van der Waals surface area contributed by atoms with Crippen molar-refractivity contribution in [3.05, 3.63) is 58.3 Å². The fraction of sp³-hybridized carbons (Fsp3) is 0.188. The zero-order valence-electron chi connectivity index (χ0n) is 11.8. The van der Waals surface area contributed by atoms with E-state index < -0.39 is 5.82 Å². The minimum atomic E-state index is -0.401. The molecule has 0 spiro atoms. The normalized spacial score (nSPS) is 10.5. The average Bonchev–Trinajstić information content (AvgIpc) is 2.42. The van der Waals surface area contributed by atoms with Crippen molar-refractivity contribution in [2.24, 2.45) is 0 Å². The summed E-state index contributed by atoms with van der Waals surface area (Å²) in [5.74, 6) is -0.688. The standard InChI is InChI=1S/C16H16BrFN2O/c1-10(2)19-14-6-4-3-5-12(14)16(21)20-15-9-11(18)7-8-13(15)17/h3-10,19H,1-2H3,(H,20,21). The Kier molecular flexibility index (Phi) is 4.96. The van der Waals surface area contributed by atoms with E-state index in [0.717, 1.165) is 5.69 Å². The molecule has 21 heavy (non-hydrogen) atoms. The number of hydrogen-bond acceptors (Lipinski definition) is 2. The maximum atomic E-state index is 13.3. The molecule has 0 fully saturated rings. The third-order valence-electron chi connectivity index (χ3n) is 2.79. The average molecular weight is 351 g/mol. The number of benzene rings is 2. The fourth-order valence-corrected chi connectivity index (χ4v) is 2.25. The molecule has 5 heteroatoms. The van der Waals surface area contributed by atoms with E-state index in [1.165, 1.54) is 12.1 Å². The molecule has 2 aromatic carbocycles. The number of anilines is 2. The van der Waals surface area contributed by atoms with E-state index in [0.29, 0.717) is 15.7 Å². The minimum absolute atomic E-state index is 0.208. The predicted molar refractivity (Wildman–Crippen MR) is 87.3 cm³/mol. The van der Waals surface area contributed by atoms with Gasteiger partial charge in [0.2, 0.25) is 0 Å². The zero-order valence-corrected chi connectivity index (χ0v) is 13.4. The van der Waals surface area contributed by atoms with E-state index in [9.17, 15) is 9.18 Å². The summed E-state index contributed by atoms with van der Waals surface area (Å²) < 4.78 is 13.9. The van der Waals surface area contributed by atoms with Crippen LogP contribution >= 0.6 is 15.9 Å². The molecule has 0 saturated carbocycles. The molecule has 1 amide bonds. The molecule has 0 radical (unpaired) electrons. The number of amides is 1. The van der Waals surface area contributed by atoms with Gasteiger partial charge in [0.05, 0.1) is 11.3 Å². The summed E-state index contributed by atoms with van der Waals surface area (Å²) in [4.78, 5) is 12.4. The SMILES string of the molecule is CC(C)Nc1ccccc1C(=O)Nc1cc(F)ccc1Br. The van der Waals surface area contributed by atoms with E-state index in [1.807, 2.05) is 26.0 Å². The minimum Gasteiger partial charge on any atom is -0.382 e. The van der Waals surface area contributed by atoms with Crippen molar-refractivity contribution >= 4 is 33.2 Å². The van der Waals surface area contributed by atoms with Gasteiger partial charge in [-0.25, -0.2) is 4.39 Å². The fourth-order valence-electron chi connectivity index (χ4n) is 1.90.